The second-order valence-electron chi connectivity index (χ2n) is 26.1. The van der Waals surface area contributed by atoms with Crippen molar-refractivity contribution in [1.29, 1.82) is 0 Å². The van der Waals surface area contributed by atoms with Gasteiger partial charge in [0.25, 0.3) is 0 Å². The lowest BCUT2D eigenvalue weighted by Gasteiger charge is -2.21. The number of carbonyl (C=O) groups is 4. The second-order valence-corrected chi connectivity index (χ2v) is 29.0. The number of phosphoric ester groups is 2. The van der Waals surface area contributed by atoms with E-state index < -0.39 is 97.5 Å². The van der Waals surface area contributed by atoms with Crippen molar-refractivity contribution in [3.05, 3.63) is 0 Å². The summed E-state index contributed by atoms with van der Waals surface area (Å²) in [4.78, 5) is 72.3. The summed E-state index contributed by atoms with van der Waals surface area (Å²) < 4.78 is 68.1. The van der Waals surface area contributed by atoms with Crippen molar-refractivity contribution in [1.82, 2.24) is 0 Å². The largest absolute Gasteiger partial charge is 0.472 e. The predicted molar refractivity (Wildman–Crippen MR) is 344 cm³/mol. The van der Waals surface area contributed by atoms with Crippen LogP contribution in [-0.2, 0) is 65.4 Å². The summed E-state index contributed by atoms with van der Waals surface area (Å²) in [7, 11) is -9.90. The van der Waals surface area contributed by atoms with Gasteiger partial charge in [0.05, 0.1) is 26.4 Å². The Hall–Kier alpha value is -1.94. The van der Waals surface area contributed by atoms with Crippen molar-refractivity contribution in [2.45, 2.75) is 343 Å². The molecule has 0 amide bonds. The van der Waals surface area contributed by atoms with Crippen molar-refractivity contribution < 1.29 is 80.2 Å². The van der Waals surface area contributed by atoms with Gasteiger partial charge in [0.1, 0.15) is 19.3 Å². The topological polar surface area (TPSA) is 237 Å². The molecule has 0 saturated heterocycles. The molecule has 0 aromatic rings. The van der Waals surface area contributed by atoms with Crippen molar-refractivity contribution in [3.8, 4) is 0 Å². The van der Waals surface area contributed by atoms with Crippen LogP contribution in [0.15, 0.2) is 0 Å². The van der Waals surface area contributed by atoms with E-state index in [0.717, 1.165) is 115 Å². The van der Waals surface area contributed by atoms with E-state index in [9.17, 15) is 43.2 Å². The van der Waals surface area contributed by atoms with Crippen LogP contribution in [0.1, 0.15) is 325 Å². The molecule has 0 aliphatic carbocycles. The molecule has 0 spiro atoms. The SMILES string of the molecule is CC(C)CCCCCCCCCCCCCCC(=O)O[C@H](COC(=O)CCCCCCCCCC(C)C)COP(=O)(O)OC[C@@H](O)COP(=O)(O)OC[C@@H](COC(=O)CCCCCCCCC(C)C)OC(=O)CCCCCCCCCCCC(C)C. The van der Waals surface area contributed by atoms with Gasteiger partial charge in [-0.3, -0.25) is 37.3 Å². The lowest BCUT2D eigenvalue weighted by Crippen LogP contribution is -2.30. The number of esters is 4. The average molecular weight is 1270 g/mol. The van der Waals surface area contributed by atoms with Gasteiger partial charge in [0, 0.05) is 25.7 Å². The Bertz CT molecular complexity index is 1710. The Kier molecular flexibility index (Phi) is 55.7. The number of hydrogen-bond donors (Lipinski definition) is 3. The van der Waals surface area contributed by atoms with Gasteiger partial charge in [0.2, 0.25) is 0 Å². The molecule has 0 radical (unpaired) electrons. The summed E-state index contributed by atoms with van der Waals surface area (Å²) in [5, 5.41) is 10.6. The maximum Gasteiger partial charge on any atom is 0.472 e. The maximum absolute atomic E-state index is 13.0. The van der Waals surface area contributed by atoms with Crippen LogP contribution in [0.2, 0.25) is 0 Å². The van der Waals surface area contributed by atoms with Crippen molar-refractivity contribution in [2.24, 2.45) is 23.7 Å². The quantitative estimate of drug-likeness (QED) is 0.0222. The molecule has 3 N–H and O–H groups in total. The van der Waals surface area contributed by atoms with Crippen LogP contribution in [0, 0.1) is 23.7 Å². The summed E-state index contributed by atoms with van der Waals surface area (Å²) in [5.41, 5.74) is 0. The predicted octanol–water partition coefficient (Wildman–Crippen LogP) is 18.5. The van der Waals surface area contributed by atoms with E-state index in [0.29, 0.717) is 37.5 Å². The number of ether oxygens (including phenoxy) is 4. The summed E-state index contributed by atoms with van der Waals surface area (Å²) in [6.45, 7) is 14.0. The fourth-order valence-electron chi connectivity index (χ4n) is 9.96. The number of phosphoric acid groups is 2. The van der Waals surface area contributed by atoms with Crippen molar-refractivity contribution in [2.75, 3.05) is 39.6 Å². The number of hydrogen-bond acceptors (Lipinski definition) is 15. The summed E-state index contributed by atoms with van der Waals surface area (Å²) >= 11 is 0. The van der Waals surface area contributed by atoms with E-state index in [2.05, 4.69) is 55.4 Å². The van der Waals surface area contributed by atoms with E-state index in [1.54, 1.807) is 0 Å². The van der Waals surface area contributed by atoms with E-state index in [1.807, 2.05) is 0 Å². The Morgan fingerprint density at radius 2 is 0.488 bits per heavy atom. The Morgan fingerprint density at radius 3 is 0.721 bits per heavy atom. The Labute approximate surface area is 524 Å². The minimum Gasteiger partial charge on any atom is -0.462 e. The lowest BCUT2D eigenvalue weighted by molar-refractivity contribution is -0.161. The van der Waals surface area contributed by atoms with Crippen LogP contribution in [0.4, 0.5) is 0 Å². The van der Waals surface area contributed by atoms with Crippen molar-refractivity contribution >= 4 is 39.5 Å². The number of rotatable bonds is 64. The van der Waals surface area contributed by atoms with Gasteiger partial charge >= 0.3 is 39.5 Å². The first-order chi connectivity index (χ1) is 41.1. The number of unbranched alkanes of at least 4 members (excludes halogenated alkanes) is 30. The van der Waals surface area contributed by atoms with Gasteiger partial charge in [-0.25, -0.2) is 9.13 Å². The van der Waals surface area contributed by atoms with Crippen LogP contribution < -0.4 is 0 Å². The molecule has 510 valence electrons. The smallest absolute Gasteiger partial charge is 0.462 e. The molecule has 0 fully saturated rings. The standard InChI is InChI=1S/C67H130O17P2/c1-57(2)43-35-27-19-14-11-9-10-12-16-22-33-41-49-66(71)83-62(53-77-64(69)47-39-31-24-18-21-29-37-45-59(5)6)55-81-85(73,74)79-51-61(68)52-80-86(75,76)82-56-63(54-78-65(70)48-40-32-26-25-30-38-46-60(7)8)84-67(72)50-42-34-23-17-13-15-20-28-36-44-58(3)4/h57-63,68H,9-56H2,1-8H3,(H,73,74)(H,75,76)/t61-,62-,63-/m1/s1. The highest BCUT2D eigenvalue weighted by Gasteiger charge is 2.30. The Balaban J connectivity index is 5.24. The molecule has 0 aromatic heterocycles. The molecule has 5 atom stereocenters. The first-order valence-corrected chi connectivity index (χ1v) is 37.7. The third-order valence-corrected chi connectivity index (χ3v) is 17.2. The van der Waals surface area contributed by atoms with Gasteiger partial charge in [0.15, 0.2) is 12.2 Å². The minimum absolute atomic E-state index is 0.104. The zero-order valence-electron chi connectivity index (χ0n) is 55.9. The van der Waals surface area contributed by atoms with Crippen LogP contribution >= 0.6 is 15.6 Å². The normalized spacial score (nSPS) is 14.4. The summed E-state index contributed by atoms with van der Waals surface area (Å²) in [6.07, 6.45) is 37.8. The van der Waals surface area contributed by atoms with Gasteiger partial charge in [-0.2, -0.15) is 0 Å². The molecule has 17 nitrogen and oxygen atoms in total. The fourth-order valence-corrected chi connectivity index (χ4v) is 11.5. The average Bonchev–Trinajstić information content (AvgIpc) is 3.64. The third-order valence-electron chi connectivity index (χ3n) is 15.3. The van der Waals surface area contributed by atoms with Gasteiger partial charge < -0.3 is 33.8 Å². The van der Waals surface area contributed by atoms with Gasteiger partial charge in [-0.15, -0.1) is 0 Å². The van der Waals surface area contributed by atoms with E-state index in [-0.39, 0.29) is 25.7 Å². The van der Waals surface area contributed by atoms with Crippen LogP contribution in [0.25, 0.3) is 0 Å². The number of aliphatic hydroxyl groups excluding tert-OH is 1. The zero-order chi connectivity index (χ0) is 63.9. The third kappa shape index (κ3) is 60.9. The number of carbonyl (C=O) groups excluding carboxylic acids is 4. The van der Waals surface area contributed by atoms with E-state index >= 15 is 0 Å². The molecule has 86 heavy (non-hydrogen) atoms. The summed E-state index contributed by atoms with van der Waals surface area (Å²) in [5.74, 6) is 0.761. The van der Waals surface area contributed by atoms with Crippen LogP contribution in [-0.4, -0.2) is 96.7 Å². The number of aliphatic hydroxyl groups is 1. The molecule has 0 aromatic carbocycles. The van der Waals surface area contributed by atoms with Crippen molar-refractivity contribution in [3.63, 3.8) is 0 Å². The maximum atomic E-state index is 13.0. The minimum atomic E-state index is -4.95. The van der Waals surface area contributed by atoms with E-state index in [4.69, 9.17) is 37.0 Å². The molecule has 0 aliphatic rings. The molecule has 0 aliphatic heterocycles. The van der Waals surface area contributed by atoms with Crippen LogP contribution in [0.5, 0.6) is 0 Å². The molecule has 0 rings (SSSR count). The van der Waals surface area contributed by atoms with Gasteiger partial charge in [-0.05, 0) is 49.4 Å². The monoisotopic (exact) mass is 1270 g/mol. The second kappa shape index (κ2) is 57.0. The highest BCUT2D eigenvalue weighted by Crippen LogP contribution is 2.45. The molecule has 0 bridgehead atoms. The summed E-state index contributed by atoms with van der Waals surface area (Å²) in [6, 6.07) is 0. The first kappa shape index (κ1) is 84.1. The van der Waals surface area contributed by atoms with Crippen LogP contribution in [0.3, 0.4) is 0 Å². The fraction of sp³-hybridized carbons (Fsp3) is 0.940. The zero-order valence-corrected chi connectivity index (χ0v) is 57.7. The van der Waals surface area contributed by atoms with E-state index in [1.165, 1.54) is 116 Å². The first-order valence-electron chi connectivity index (χ1n) is 34.7. The molecule has 0 heterocycles. The molecular weight excluding hydrogens is 1140 g/mol. The highest BCUT2D eigenvalue weighted by atomic mass is 31.2. The Morgan fingerprint density at radius 1 is 0.291 bits per heavy atom. The van der Waals surface area contributed by atoms with Gasteiger partial charge in [-0.1, -0.05) is 274 Å². The molecule has 2 unspecified atom stereocenters. The lowest BCUT2D eigenvalue weighted by atomic mass is 10.0. The molecular formula is C67H130O17P2. The molecule has 19 heteroatoms. The molecule has 0 saturated carbocycles. The highest BCUT2D eigenvalue weighted by molar-refractivity contribution is 7.47.